The van der Waals surface area contributed by atoms with Crippen molar-refractivity contribution in [2.75, 3.05) is 18.5 Å². The van der Waals surface area contributed by atoms with Crippen LogP contribution in [-0.2, 0) is 9.47 Å². The fraction of sp³-hybridized carbons (Fsp3) is 0.227. The van der Waals surface area contributed by atoms with Crippen LogP contribution in [0.3, 0.4) is 0 Å². The monoisotopic (exact) mass is 378 g/mol. The Morgan fingerprint density at radius 3 is 2.14 bits per heavy atom. The second-order valence-corrected chi connectivity index (χ2v) is 6.19. The summed E-state index contributed by atoms with van der Waals surface area (Å²) in [5, 5.41) is 4.15. The number of hydrogen-bond acceptors (Lipinski definition) is 6. The van der Waals surface area contributed by atoms with Gasteiger partial charge in [-0.1, -0.05) is 0 Å². The van der Waals surface area contributed by atoms with Gasteiger partial charge in [0.05, 0.1) is 29.9 Å². The number of pyridine rings is 1. The molecule has 0 unspecified atom stereocenters. The summed E-state index contributed by atoms with van der Waals surface area (Å²) in [5.74, 6) is -0.715. The molecule has 0 fully saturated rings. The number of hydrogen-bond donors (Lipinski definition) is 1. The number of nitrogens with one attached hydrogen (secondary N) is 1. The van der Waals surface area contributed by atoms with Crippen LogP contribution < -0.4 is 5.32 Å². The Bertz CT molecular complexity index is 1010. The minimum Gasteiger partial charge on any atom is -0.462 e. The Labute approximate surface area is 163 Å². The maximum atomic E-state index is 12.1. The molecule has 3 rings (SSSR count). The predicted molar refractivity (Wildman–Crippen MR) is 108 cm³/mol. The van der Waals surface area contributed by atoms with Crippen LogP contribution in [-0.4, -0.2) is 30.1 Å². The molecule has 0 saturated carbocycles. The third-order valence-electron chi connectivity index (χ3n) is 4.12. The molecule has 6 heteroatoms. The van der Waals surface area contributed by atoms with E-state index < -0.39 is 0 Å². The summed E-state index contributed by atoms with van der Waals surface area (Å²) < 4.78 is 10.1. The molecule has 28 heavy (non-hydrogen) atoms. The highest BCUT2D eigenvalue weighted by Crippen LogP contribution is 2.28. The van der Waals surface area contributed by atoms with Crippen LogP contribution in [0.5, 0.6) is 0 Å². The van der Waals surface area contributed by atoms with Crippen molar-refractivity contribution >= 4 is 34.2 Å². The quantitative estimate of drug-likeness (QED) is 0.630. The number of nitrogens with zero attached hydrogens (tertiary/aromatic N) is 1. The van der Waals surface area contributed by atoms with E-state index in [1.807, 2.05) is 31.2 Å². The van der Waals surface area contributed by atoms with Crippen molar-refractivity contribution in [1.29, 1.82) is 0 Å². The zero-order valence-corrected chi connectivity index (χ0v) is 16.1. The van der Waals surface area contributed by atoms with E-state index in [4.69, 9.17) is 9.47 Å². The van der Waals surface area contributed by atoms with E-state index in [0.29, 0.717) is 24.3 Å². The Balaban J connectivity index is 1.94. The number of aryl methyl sites for hydroxylation is 1. The Hall–Kier alpha value is -3.41. The third kappa shape index (κ3) is 4.28. The van der Waals surface area contributed by atoms with Gasteiger partial charge in [0, 0.05) is 22.5 Å². The number of carbonyl (C=O) groups is 2. The van der Waals surface area contributed by atoms with Crippen molar-refractivity contribution in [3.63, 3.8) is 0 Å². The highest BCUT2D eigenvalue weighted by Gasteiger charge is 2.12. The Morgan fingerprint density at radius 1 is 0.893 bits per heavy atom. The number of fused-ring (bicyclic) bond motifs is 1. The van der Waals surface area contributed by atoms with Crippen molar-refractivity contribution in [3.05, 3.63) is 65.4 Å². The van der Waals surface area contributed by atoms with Gasteiger partial charge in [-0.05, 0) is 69.3 Å². The molecule has 6 nitrogen and oxygen atoms in total. The maximum absolute atomic E-state index is 12.1. The smallest absolute Gasteiger partial charge is 0.338 e. The van der Waals surface area contributed by atoms with E-state index in [1.54, 1.807) is 38.1 Å². The normalized spacial score (nSPS) is 10.5. The first-order valence-electron chi connectivity index (χ1n) is 9.14. The molecule has 0 aliphatic heterocycles. The van der Waals surface area contributed by atoms with Gasteiger partial charge in [0.15, 0.2) is 0 Å². The molecule has 0 aliphatic rings. The maximum Gasteiger partial charge on any atom is 0.338 e. The number of carbonyl (C=O) groups excluding carboxylic acids is 2. The van der Waals surface area contributed by atoms with Crippen LogP contribution in [0.4, 0.5) is 11.4 Å². The molecule has 144 valence electrons. The molecule has 2 aromatic carbocycles. The minimum absolute atomic E-state index is 0.320. The largest absolute Gasteiger partial charge is 0.462 e. The summed E-state index contributed by atoms with van der Waals surface area (Å²) in [7, 11) is 0. The summed E-state index contributed by atoms with van der Waals surface area (Å²) in [5.41, 5.74) is 4.22. The van der Waals surface area contributed by atoms with E-state index in [2.05, 4.69) is 10.3 Å². The standard InChI is InChI=1S/C22H22N2O4/c1-4-27-21(25)15-6-9-17(10-7-15)24-20-12-14(3)23-19-11-8-16(13-18(19)20)22(26)28-5-2/h6-13H,4-5H2,1-3H3,(H,23,24). The lowest BCUT2D eigenvalue weighted by Crippen LogP contribution is -2.05. The second-order valence-electron chi connectivity index (χ2n) is 6.19. The molecule has 0 atom stereocenters. The van der Waals surface area contributed by atoms with Gasteiger partial charge in [-0.3, -0.25) is 4.98 Å². The second kappa shape index (κ2) is 8.52. The fourth-order valence-electron chi connectivity index (χ4n) is 2.86. The first-order valence-corrected chi connectivity index (χ1v) is 9.14. The van der Waals surface area contributed by atoms with Crippen molar-refractivity contribution in [1.82, 2.24) is 4.98 Å². The number of anilines is 2. The lowest BCUT2D eigenvalue weighted by atomic mass is 10.1. The van der Waals surface area contributed by atoms with Crippen molar-refractivity contribution < 1.29 is 19.1 Å². The van der Waals surface area contributed by atoms with Gasteiger partial charge < -0.3 is 14.8 Å². The molecule has 1 N–H and O–H groups in total. The van der Waals surface area contributed by atoms with Gasteiger partial charge in [-0.25, -0.2) is 9.59 Å². The number of benzene rings is 2. The van der Waals surface area contributed by atoms with Crippen LogP contribution in [0, 0.1) is 6.92 Å². The van der Waals surface area contributed by atoms with Gasteiger partial charge >= 0.3 is 11.9 Å². The van der Waals surface area contributed by atoms with Gasteiger partial charge in [0.2, 0.25) is 0 Å². The Morgan fingerprint density at radius 2 is 1.50 bits per heavy atom. The summed E-state index contributed by atoms with van der Waals surface area (Å²) in [6, 6.07) is 14.2. The highest BCUT2D eigenvalue weighted by atomic mass is 16.5. The summed E-state index contributed by atoms with van der Waals surface area (Å²) in [4.78, 5) is 28.4. The van der Waals surface area contributed by atoms with E-state index in [0.717, 1.165) is 28.0 Å². The number of ether oxygens (including phenoxy) is 2. The lowest BCUT2D eigenvalue weighted by Gasteiger charge is -2.12. The average molecular weight is 378 g/mol. The first-order chi connectivity index (χ1) is 13.5. The predicted octanol–water partition coefficient (Wildman–Crippen LogP) is 4.64. The van der Waals surface area contributed by atoms with Crippen LogP contribution >= 0.6 is 0 Å². The van der Waals surface area contributed by atoms with Crippen molar-refractivity contribution in [3.8, 4) is 0 Å². The average Bonchev–Trinajstić information content (AvgIpc) is 2.68. The fourth-order valence-corrected chi connectivity index (χ4v) is 2.86. The van der Waals surface area contributed by atoms with Crippen LogP contribution in [0.15, 0.2) is 48.5 Å². The molecule has 0 bridgehead atoms. The molecule has 1 heterocycles. The number of esters is 2. The molecule has 0 spiro atoms. The molecule has 0 saturated heterocycles. The van der Waals surface area contributed by atoms with Crippen LogP contribution in [0.2, 0.25) is 0 Å². The molecule has 0 aliphatic carbocycles. The zero-order chi connectivity index (χ0) is 20.1. The molecular weight excluding hydrogens is 356 g/mol. The van der Waals surface area contributed by atoms with E-state index in [1.165, 1.54) is 0 Å². The number of aromatic nitrogens is 1. The molecule has 3 aromatic rings. The molecule has 0 radical (unpaired) electrons. The highest BCUT2D eigenvalue weighted by molar-refractivity contribution is 6.00. The van der Waals surface area contributed by atoms with Gasteiger partial charge in [0.1, 0.15) is 0 Å². The molecular formula is C22H22N2O4. The van der Waals surface area contributed by atoms with Crippen LogP contribution in [0.1, 0.15) is 40.3 Å². The zero-order valence-electron chi connectivity index (χ0n) is 16.1. The van der Waals surface area contributed by atoms with Gasteiger partial charge in [0.25, 0.3) is 0 Å². The topological polar surface area (TPSA) is 77.5 Å². The van der Waals surface area contributed by atoms with Gasteiger partial charge in [-0.2, -0.15) is 0 Å². The van der Waals surface area contributed by atoms with E-state index >= 15 is 0 Å². The number of rotatable bonds is 6. The Kier molecular flexibility index (Phi) is 5.89. The lowest BCUT2D eigenvalue weighted by molar-refractivity contribution is 0.0517. The third-order valence-corrected chi connectivity index (χ3v) is 4.12. The summed E-state index contributed by atoms with van der Waals surface area (Å²) in [6.07, 6.45) is 0. The van der Waals surface area contributed by atoms with Gasteiger partial charge in [-0.15, -0.1) is 0 Å². The SMILES string of the molecule is CCOC(=O)c1ccc(Nc2cc(C)nc3ccc(C(=O)OCC)cc23)cc1. The molecule has 1 aromatic heterocycles. The minimum atomic E-state index is -0.366. The van der Waals surface area contributed by atoms with Crippen LogP contribution in [0.25, 0.3) is 10.9 Å². The van der Waals surface area contributed by atoms with E-state index in [9.17, 15) is 9.59 Å². The molecule has 0 amide bonds. The van der Waals surface area contributed by atoms with Crippen molar-refractivity contribution in [2.24, 2.45) is 0 Å². The van der Waals surface area contributed by atoms with E-state index in [-0.39, 0.29) is 11.9 Å². The summed E-state index contributed by atoms with van der Waals surface area (Å²) in [6.45, 7) is 6.12. The van der Waals surface area contributed by atoms with Crippen molar-refractivity contribution in [2.45, 2.75) is 20.8 Å². The summed E-state index contributed by atoms with van der Waals surface area (Å²) >= 11 is 0. The first kappa shape index (κ1) is 19.4.